The summed E-state index contributed by atoms with van der Waals surface area (Å²) in [5.41, 5.74) is 0.473. The average Bonchev–Trinajstić information content (AvgIpc) is 2.29. The first kappa shape index (κ1) is 11.0. The maximum atomic E-state index is 13.2. The molecule has 0 amide bonds. The van der Waals surface area contributed by atoms with Crippen molar-refractivity contribution in [3.63, 3.8) is 0 Å². The molecule has 1 N–H and O–H groups in total. The van der Waals surface area contributed by atoms with Crippen molar-refractivity contribution in [3.8, 4) is 5.75 Å². The van der Waals surface area contributed by atoms with Gasteiger partial charge in [0.2, 0.25) is 0 Å². The lowest BCUT2D eigenvalue weighted by Gasteiger charge is -2.43. The van der Waals surface area contributed by atoms with Gasteiger partial charge in [-0.25, -0.2) is 4.39 Å². The number of hydrogen-bond donors (Lipinski definition) is 1. The monoisotopic (exact) mass is 236 g/mol. The summed E-state index contributed by atoms with van der Waals surface area (Å²) in [6.45, 7) is 0. The number of fused-ring (bicyclic) bond motifs is 1. The summed E-state index contributed by atoms with van der Waals surface area (Å²) in [6.07, 6.45) is 5.58. The molecule has 1 spiro atoms. The van der Waals surface area contributed by atoms with E-state index in [2.05, 4.69) is 0 Å². The molecular formula is C14H17FO2. The molecule has 1 aromatic carbocycles. The zero-order chi connectivity index (χ0) is 11.9. The van der Waals surface area contributed by atoms with Crippen molar-refractivity contribution in [2.45, 2.75) is 50.2 Å². The van der Waals surface area contributed by atoms with Gasteiger partial charge in [-0.1, -0.05) is 6.42 Å². The predicted octanol–water partition coefficient (Wildman–Crippen LogP) is 3.34. The Hall–Kier alpha value is -1.09. The molecule has 0 bridgehead atoms. The van der Waals surface area contributed by atoms with Gasteiger partial charge in [0.05, 0.1) is 6.10 Å². The number of hydrogen-bond acceptors (Lipinski definition) is 2. The molecule has 1 fully saturated rings. The highest BCUT2D eigenvalue weighted by Crippen LogP contribution is 2.46. The Balaban J connectivity index is 1.95. The van der Waals surface area contributed by atoms with Gasteiger partial charge in [0.25, 0.3) is 0 Å². The zero-order valence-electron chi connectivity index (χ0n) is 9.79. The Morgan fingerprint density at radius 3 is 2.76 bits per heavy atom. The van der Waals surface area contributed by atoms with Gasteiger partial charge in [0, 0.05) is 18.1 Å². The predicted molar refractivity (Wildman–Crippen MR) is 62.4 cm³/mol. The molecule has 3 rings (SSSR count). The van der Waals surface area contributed by atoms with Crippen LogP contribution in [0.25, 0.3) is 0 Å². The molecule has 1 aromatic rings. The molecule has 2 nitrogen and oxygen atoms in total. The highest BCUT2D eigenvalue weighted by Gasteiger charge is 2.41. The molecule has 1 atom stereocenters. The Bertz CT molecular complexity index is 424. The van der Waals surface area contributed by atoms with Crippen LogP contribution in [0.5, 0.6) is 5.75 Å². The Kier molecular flexibility index (Phi) is 2.58. The van der Waals surface area contributed by atoms with Gasteiger partial charge in [0.15, 0.2) is 0 Å². The molecule has 17 heavy (non-hydrogen) atoms. The minimum atomic E-state index is -0.516. The third kappa shape index (κ3) is 1.93. The van der Waals surface area contributed by atoms with E-state index in [9.17, 15) is 9.50 Å². The maximum Gasteiger partial charge on any atom is 0.128 e. The second kappa shape index (κ2) is 3.98. The van der Waals surface area contributed by atoms with Gasteiger partial charge in [-0.3, -0.25) is 0 Å². The largest absolute Gasteiger partial charge is 0.487 e. The van der Waals surface area contributed by atoms with Gasteiger partial charge < -0.3 is 9.84 Å². The van der Waals surface area contributed by atoms with Crippen LogP contribution in [0.15, 0.2) is 18.2 Å². The van der Waals surface area contributed by atoms with Crippen LogP contribution < -0.4 is 4.74 Å². The molecule has 1 heterocycles. The van der Waals surface area contributed by atoms with Crippen molar-refractivity contribution in [2.24, 2.45) is 0 Å². The number of ether oxygens (including phenoxy) is 1. The highest BCUT2D eigenvalue weighted by molar-refractivity contribution is 5.38. The topological polar surface area (TPSA) is 29.5 Å². The number of aliphatic hydroxyl groups is 1. The van der Waals surface area contributed by atoms with E-state index in [1.165, 1.54) is 18.6 Å². The highest BCUT2D eigenvalue weighted by atomic mass is 19.1. The van der Waals surface area contributed by atoms with Crippen LogP contribution >= 0.6 is 0 Å². The SMILES string of the molecule is O[C@H]1CC2(CCCCC2)Oc2cc(F)ccc21. The third-order valence-corrected chi connectivity index (χ3v) is 3.99. The van der Waals surface area contributed by atoms with Crippen molar-refractivity contribution in [1.29, 1.82) is 0 Å². The number of aliphatic hydroxyl groups excluding tert-OH is 1. The molecule has 1 aliphatic heterocycles. The normalized spacial score (nSPS) is 26.4. The van der Waals surface area contributed by atoms with Crippen molar-refractivity contribution in [2.75, 3.05) is 0 Å². The summed E-state index contributed by atoms with van der Waals surface area (Å²) in [4.78, 5) is 0. The summed E-state index contributed by atoms with van der Waals surface area (Å²) in [6, 6.07) is 4.41. The third-order valence-electron chi connectivity index (χ3n) is 3.99. The van der Waals surface area contributed by atoms with E-state index in [0.29, 0.717) is 12.2 Å². The summed E-state index contributed by atoms with van der Waals surface area (Å²) in [5, 5.41) is 10.2. The van der Waals surface area contributed by atoms with Gasteiger partial charge >= 0.3 is 0 Å². The van der Waals surface area contributed by atoms with Crippen LogP contribution in [0.4, 0.5) is 4.39 Å². The van der Waals surface area contributed by atoms with Crippen molar-refractivity contribution >= 4 is 0 Å². The second-order valence-corrected chi connectivity index (χ2v) is 5.25. The number of benzene rings is 1. The van der Waals surface area contributed by atoms with E-state index in [4.69, 9.17) is 4.74 Å². The quantitative estimate of drug-likeness (QED) is 0.748. The average molecular weight is 236 g/mol. The zero-order valence-corrected chi connectivity index (χ0v) is 9.79. The van der Waals surface area contributed by atoms with Crippen LogP contribution in [0.2, 0.25) is 0 Å². The van der Waals surface area contributed by atoms with E-state index in [-0.39, 0.29) is 11.4 Å². The minimum absolute atomic E-state index is 0.252. The first-order valence-corrected chi connectivity index (χ1v) is 6.35. The molecule has 1 aliphatic carbocycles. The van der Waals surface area contributed by atoms with E-state index in [1.807, 2.05) is 0 Å². The summed E-state index contributed by atoms with van der Waals surface area (Å²) < 4.78 is 19.2. The molecule has 0 saturated heterocycles. The smallest absolute Gasteiger partial charge is 0.128 e. The van der Waals surface area contributed by atoms with Crippen LogP contribution in [0, 0.1) is 5.82 Å². The molecule has 0 aromatic heterocycles. The second-order valence-electron chi connectivity index (χ2n) is 5.25. The van der Waals surface area contributed by atoms with E-state index < -0.39 is 6.10 Å². The lowest BCUT2D eigenvalue weighted by atomic mass is 9.78. The van der Waals surface area contributed by atoms with E-state index in [1.54, 1.807) is 6.07 Å². The first-order valence-electron chi connectivity index (χ1n) is 6.35. The van der Waals surface area contributed by atoms with E-state index >= 15 is 0 Å². The van der Waals surface area contributed by atoms with Crippen LogP contribution in [0.1, 0.15) is 50.2 Å². The Morgan fingerprint density at radius 2 is 2.00 bits per heavy atom. The van der Waals surface area contributed by atoms with Crippen LogP contribution in [-0.2, 0) is 0 Å². The summed E-state index contributed by atoms with van der Waals surface area (Å²) in [5.74, 6) is 0.231. The molecule has 92 valence electrons. The van der Waals surface area contributed by atoms with Crippen molar-refractivity contribution in [3.05, 3.63) is 29.6 Å². The fraction of sp³-hybridized carbons (Fsp3) is 0.571. The molecule has 1 saturated carbocycles. The van der Waals surface area contributed by atoms with Gasteiger partial charge in [0.1, 0.15) is 17.2 Å². The minimum Gasteiger partial charge on any atom is -0.487 e. The Labute approximate surface area is 100 Å². The van der Waals surface area contributed by atoms with Crippen LogP contribution in [0.3, 0.4) is 0 Å². The fourth-order valence-corrected chi connectivity index (χ4v) is 3.11. The van der Waals surface area contributed by atoms with E-state index in [0.717, 1.165) is 31.2 Å². The maximum absolute atomic E-state index is 13.2. The van der Waals surface area contributed by atoms with Gasteiger partial charge in [-0.15, -0.1) is 0 Å². The lowest BCUT2D eigenvalue weighted by molar-refractivity contribution is -0.0383. The fourth-order valence-electron chi connectivity index (χ4n) is 3.11. The number of halogens is 1. The lowest BCUT2D eigenvalue weighted by Crippen LogP contribution is -2.42. The van der Waals surface area contributed by atoms with Crippen molar-refractivity contribution in [1.82, 2.24) is 0 Å². The van der Waals surface area contributed by atoms with Gasteiger partial charge in [-0.2, -0.15) is 0 Å². The molecule has 3 heteroatoms. The standard InChI is InChI=1S/C14H17FO2/c15-10-4-5-11-12(16)9-14(17-13(11)8-10)6-2-1-3-7-14/h4-5,8,12,16H,1-3,6-7,9H2/t12-/m0/s1. The van der Waals surface area contributed by atoms with Crippen LogP contribution in [-0.4, -0.2) is 10.7 Å². The number of rotatable bonds is 0. The first-order chi connectivity index (χ1) is 8.19. The summed E-state index contributed by atoms with van der Waals surface area (Å²) in [7, 11) is 0. The van der Waals surface area contributed by atoms with Crippen molar-refractivity contribution < 1.29 is 14.2 Å². The van der Waals surface area contributed by atoms with Gasteiger partial charge in [-0.05, 0) is 37.8 Å². The summed E-state index contributed by atoms with van der Waals surface area (Å²) >= 11 is 0. The molecular weight excluding hydrogens is 219 g/mol. The molecule has 0 unspecified atom stereocenters. The molecule has 2 aliphatic rings. The Morgan fingerprint density at radius 1 is 1.24 bits per heavy atom. The molecule has 0 radical (unpaired) electrons.